The molecular formula is C13H13BrClNO3. The summed E-state index contributed by atoms with van der Waals surface area (Å²) >= 11 is 9.22. The molecule has 1 fully saturated rings. The Morgan fingerprint density at radius 1 is 1.37 bits per heavy atom. The van der Waals surface area contributed by atoms with E-state index in [2.05, 4.69) is 15.9 Å². The molecule has 6 heteroatoms. The zero-order valence-corrected chi connectivity index (χ0v) is 12.4. The highest BCUT2D eigenvalue weighted by Crippen LogP contribution is 2.25. The Labute approximate surface area is 124 Å². The highest BCUT2D eigenvalue weighted by Gasteiger charge is 2.32. The number of halogens is 2. The molecule has 0 bridgehead atoms. The standard InChI is InChI=1S/C13H13BrClNO3/c14-9-5-4-8(7-10(9)15)12(17)16-6-2-1-3-11(16)13(18)19/h4-5,7,11H,1-3,6H2,(H,18,19)/t11-/m0/s1. The maximum atomic E-state index is 12.4. The van der Waals surface area contributed by atoms with Crippen LogP contribution < -0.4 is 0 Å². The monoisotopic (exact) mass is 345 g/mol. The maximum Gasteiger partial charge on any atom is 0.326 e. The molecule has 1 atom stereocenters. The second-order valence-corrected chi connectivity index (χ2v) is 5.74. The van der Waals surface area contributed by atoms with Crippen LogP contribution in [0.2, 0.25) is 5.02 Å². The van der Waals surface area contributed by atoms with E-state index in [0.717, 1.165) is 12.8 Å². The zero-order chi connectivity index (χ0) is 14.0. The van der Waals surface area contributed by atoms with Gasteiger partial charge < -0.3 is 10.0 Å². The van der Waals surface area contributed by atoms with Crippen molar-refractivity contribution in [2.45, 2.75) is 25.3 Å². The first-order chi connectivity index (χ1) is 9.00. The highest BCUT2D eigenvalue weighted by molar-refractivity contribution is 9.10. The number of amides is 1. The highest BCUT2D eigenvalue weighted by atomic mass is 79.9. The van der Waals surface area contributed by atoms with Crippen LogP contribution >= 0.6 is 27.5 Å². The first-order valence-electron chi connectivity index (χ1n) is 5.99. The van der Waals surface area contributed by atoms with Gasteiger partial charge in [-0.1, -0.05) is 11.6 Å². The van der Waals surface area contributed by atoms with Gasteiger partial charge in [-0.15, -0.1) is 0 Å². The number of aliphatic carboxylic acids is 1. The molecule has 19 heavy (non-hydrogen) atoms. The predicted octanol–water partition coefficient (Wildman–Crippen LogP) is 3.18. The summed E-state index contributed by atoms with van der Waals surface area (Å²) in [4.78, 5) is 25.0. The number of carboxylic acid groups (broad SMARTS) is 1. The summed E-state index contributed by atoms with van der Waals surface area (Å²) < 4.78 is 0.708. The number of benzene rings is 1. The van der Waals surface area contributed by atoms with Gasteiger partial charge >= 0.3 is 5.97 Å². The second kappa shape index (κ2) is 5.92. The minimum absolute atomic E-state index is 0.276. The van der Waals surface area contributed by atoms with E-state index in [0.29, 0.717) is 28.0 Å². The van der Waals surface area contributed by atoms with E-state index >= 15 is 0 Å². The largest absolute Gasteiger partial charge is 0.480 e. The summed E-state index contributed by atoms with van der Waals surface area (Å²) in [5.41, 5.74) is 0.418. The fourth-order valence-corrected chi connectivity index (χ4v) is 2.65. The average Bonchev–Trinajstić information content (AvgIpc) is 2.41. The number of likely N-dealkylation sites (tertiary alicyclic amines) is 1. The van der Waals surface area contributed by atoms with Crippen molar-refractivity contribution in [1.82, 2.24) is 4.90 Å². The van der Waals surface area contributed by atoms with Crippen molar-refractivity contribution in [2.24, 2.45) is 0 Å². The predicted molar refractivity (Wildman–Crippen MR) is 75.5 cm³/mol. The van der Waals surface area contributed by atoms with Crippen LogP contribution in [-0.2, 0) is 4.79 Å². The minimum Gasteiger partial charge on any atom is -0.480 e. The molecular weight excluding hydrogens is 334 g/mol. The van der Waals surface area contributed by atoms with Gasteiger partial charge in [0.25, 0.3) is 5.91 Å². The summed E-state index contributed by atoms with van der Waals surface area (Å²) in [6.07, 6.45) is 2.17. The SMILES string of the molecule is O=C(O)[C@@H]1CCCCN1C(=O)c1ccc(Br)c(Cl)c1. The Hall–Kier alpha value is -1.07. The quantitative estimate of drug-likeness (QED) is 0.895. The first-order valence-corrected chi connectivity index (χ1v) is 7.16. The lowest BCUT2D eigenvalue weighted by atomic mass is 10.0. The Morgan fingerprint density at radius 2 is 2.11 bits per heavy atom. The lowest BCUT2D eigenvalue weighted by Crippen LogP contribution is -2.47. The van der Waals surface area contributed by atoms with Crippen molar-refractivity contribution in [3.8, 4) is 0 Å². The van der Waals surface area contributed by atoms with Crippen LogP contribution in [0.3, 0.4) is 0 Å². The topological polar surface area (TPSA) is 57.6 Å². The molecule has 4 nitrogen and oxygen atoms in total. The third-order valence-corrected chi connectivity index (χ3v) is 4.45. The molecule has 0 spiro atoms. The number of carbonyl (C=O) groups excluding carboxylic acids is 1. The average molecular weight is 347 g/mol. The molecule has 1 aromatic carbocycles. The van der Waals surface area contributed by atoms with E-state index < -0.39 is 12.0 Å². The number of rotatable bonds is 2. The number of hydrogen-bond acceptors (Lipinski definition) is 2. The summed E-state index contributed by atoms with van der Waals surface area (Å²) in [6.45, 7) is 0.476. The van der Waals surface area contributed by atoms with Crippen LogP contribution in [0.4, 0.5) is 0 Å². The van der Waals surface area contributed by atoms with Crippen molar-refractivity contribution < 1.29 is 14.7 Å². The summed E-state index contributed by atoms with van der Waals surface area (Å²) in [6, 6.07) is 4.16. The Morgan fingerprint density at radius 3 is 2.74 bits per heavy atom. The summed E-state index contributed by atoms with van der Waals surface area (Å²) in [5.74, 6) is -1.22. The van der Waals surface area contributed by atoms with Gasteiger partial charge in [0.2, 0.25) is 0 Å². The van der Waals surface area contributed by atoms with Gasteiger partial charge in [-0.3, -0.25) is 4.79 Å². The number of carbonyl (C=O) groups is 2. The molecule has 1 aliphatic heterocycles. The number of carboxylic acids is 1. The molecule has 0 unspecified atom stereocenters. The van der Waals surface area contributed by atoms with E-state index in [1.165, 1.54) is 4.90 Å². The van der Waals surface area contributed by atoms with Crippen LogP contribution in [-0.4, -0.2) is 34.5 Å². The normalized spacial score (nSPS) is 19.3. The molecule has 0 radical (unpaired) electrons. The third-order valence-electron chi connectivity index (χ3n) is 3.22. The van der Waals surface area contributed by atoms with E-state index in [1.807, 2.05) is 0 Å². The first kappa shape index (κ1) is 14.3. The van der Waals surface area contributed by atoms with E-state index in [4.69, 9.17) is 11.6 Å². The zero-order valence-electron chi connectivity index (χ0n) is 10.1. The fourth-order valence-electron chi connectivity index (χ4n) is 2.23. The van der Waals surface area contributed by atoms with Crippen LogP contribution in [0, 0.1) is 0 Å². The molecule has 1 saturated heterocycles. The molecule has 1 amide bonds. The molecule has 1 aromatic rings. The van der Waals surface area contributed by atoms with Crippen LogP contribution in [0.25, 0.3) is 0 Å². The number of hydrogen-bond donors (Lipinski definition) is 1. The van der Waals surface area contributed by atoms with Gasteiger partial charge in [0.1, 0.15) is 6.04 Å². The van der Waals surface area contributed by atoms with Crippen molar-refractivity contribution in [3.63, 3.8) is 0 Å². The van der Waals surface area contributed by atoms with E-state index in [9.17, 15) is 14.7 Å². The van der Waals surface area contributed by atoms with Crippen LogP contribution in [0.5, 0.6) is 0 Å². The van der Waals surface area contributed by atoms with E-state index in [-0.39, 0.29) is 5.91 Å². The molecule has 0 saturated carbocycles. The molecule has 102 valence electrons. The number of nitrogens with zero attached hydrogens (tertiary/aromatic N) is 1. The Kier molecular flexibility index (Phi) is 4.47. The lowest BCUT2D eigenvalue weighted by Gasteiger charge is -2.33. The van der Waals surface area contributed by atoms with E-state index in [1.54, 1.807) is 18.2 Å². The van der Waals surface area contributed by atoms with Gasteiger partial charge in [0.05, 0.1) is 5.02 Å². The van der Waals surface area contributed by atoms with Gasteiger partial charge in [-0.05, 0) is 53.4 Å². The van der Waals surface area contributed by atoms with Crippen molar-refractivity contribution in [1.29, 1.82) is 0 Å². The number of piperidine rings is 1. The van der Waals surface area contributed by atoms with Crippen LogP contribution in [0.1, 0.15) is 29.6 Å². The van der Waals surface area contributed by atoms with Gasteiger partial charge in [0.15, 0.2) is 0 Å². The maximum absolute atomic E-state index is 12.4. The van der Waals surface area contributed by atoms with Crippen LogP contribution in [0.15, 0.2) is 22.7 Å². The van der Waals surface area contributed by atoms with Crippen molar-refractivity contribution in [3.05, 3.63) is 33.3 Å². The molecule has 1 heterocycles. The summed E-state index contributed by atoms with van der Waals surface area (Å²) in [5, 5.41) is 9.62. The minimum atomic E-state index is -0.948. The summed E-state index contributed by atoms with van der Waals surface area (Å²) in [7, 11) is 0. The van der Waals surface area contributed by atoms with Gasteiger partial charge in [-0.2, -0.15) is 0 Å². The van der Waals surface area contributed by atoms with Crippen molar-refractivity contribution in [2.75, 3.05) is 6.54 Å². The molecule has 0 aromatic heterocycles. The third kappa shape index (κ3) is 3.09. The Balaban J connectivity index is 2.26. The van der Waals surface area contributed by atoms with Gasteiger partial charge in [-0.25, -0.2) is 4.79 Å². The molecule has 1 N–H and O–H groups in total. The fraction of sp³-hybridized carbons (Fsp3) is 0.385. The second-order valence-electron chi connectivity index (χ2n) is 4.48. The van der Waals surface area contributed by atoms with Crippen molar-refractivity contribution >= 4 is 39.4 Å². The molecule has 0 aliphatic carbocycles. The molecule has 2 rings (SSSR count). The lowest BCUT2D eigenvalue weighted by molar-refractivity contribution is -0.143. The smallest absolute Gasteiger partial charge is 0.326 e. The molecule has 1 aliphatic rings. The van der Waals surface area contributed by atoms with Gasteiger partial charge in [0, 0.05) is 16.6 Å². The Bertz CT molecular complexity index is 521.